The Bertz CT molecular complexity index is 813. The van der Waals surface area contributed by atoms with Crippen LogP contribution in [0.1, 0.15) is 52.5 Å². The predicted octanol–water partition coefficient (Wildman–Crippen LogP) is 4.14. The van der Waals surface area contributed by atoms with Crippen LogP contribution in [0.15, 0.2) is 30.3 Å². The van der Waals surface area contributed by atoms with E-state index in [0.717, 1.165) is 5.56 Å². The maximum absolute atomic E-state index is 13.2. The van der Waals surface area contributed by atoms with Gasteiger partial charge in [-0.1, -0.05) is 19.9 Å². The third-order valence-corrected chi connectivity index (χ3v) is 3.97. The third kappa shape index (κ3) is 4.47. The topological polar surface area (TPSA) is 63.1 Å². The summed E-state index contributed by atoms with van der Waals surface area (Å²) in [5.41, 5.74) is 1.69. The van der Waals surface area contributed by atoms with Crippen molar-refractivity contribution in [1.82, 2.24) is 9.88 Å². The molecule has 0 saturated carbocycles. The Balaban J connectivity index is 2.23. The number of nitrogens with one attached hydrogen (secondary N) is 2. The molecular weight excluding hydrogens is 340 g/mol. The molecule has 2 amide bonds. The zero-order valence-electron chi connectivity index (χ0n) is 15.3. The molecule has 140 valence electrons. The highest BCUT2D eigenvalue weighted by molar-refractivity contribution is 6.04. The molecule has 0 atom stereocenters. The van der Waals surface area contributed by atoms with E-state index in [-0.39, 0.29) is 11.6 Å². The molecule has 1 aromatic carbocycles. The highest BCUT2D eigenvalue weighted by Gasteiger charge is 2.20. The summed E-state index contributed by atoms with van der Waals surface area (Å²) in [4.78, 5) is 24.6. The molecule has 2 aromatic rings. The van der Waals surface area contributed by atoms with Gasteiger partial charge in [-0.2, -0.15) is 8.78 Å². The van der Waals surface area contributed by atoms with E-state index < -0.39 is 12.5 Å². The van der Waals surface area contributed by atoms with Crippen LogP contribution in [0, 0.1) is 19.8 Å². The molecule has 7 heteroatoms. The molecule has 2 rings (SSSR count). The molecule has 26 heavy (non-hydrogen) atoms. The quantitative estimate of drug-likeness (QED) is 0.810. The van der Waals surface area contributed by atoms with Crippen LogP contribution >= 0.6 is 0 Å². The first kappa shape index (κ1) is 19.6. The Morgan fingerprint density at radius 2 is 1.77 bits per heavy atom. The van der Waals surface area contributed by atoms with Gasteiger partial charge in [0.25, 0.3) is 11.8 Å². The zero-order chi connectivity index (χ0) is 19.4. The number of aryl methyl sites for hydroxylation is 2. The van der Waals surface area contributed by atoms with Crippen LogP contribution in [0.2, 0.25) is 0 Å². The van der Waals surface area contributed by atoms with Crippen LogP contribution in [0.4, 0.5) is 14.5 Å². The minimum atomic E-state index is -2.81. The van der Waals surface area contributed by atoms with Gasteiger partial charge in [0.2, 0.25) is 0 Å². The van der Waals surface area contributed by atoms with Gasteiger partial charge in [0.1, 0.15) is 5.69 Å². The number of benzene rings is 1. The van der Waals surface area contributed by atoms with Crippen LogP contribution in [0.3, 0.4) is 0 Å². The van der Waals surface area contributed by atoms with Gasteiger partial charge in [-0.25, -0.2) is 0 Å². The molecule has 1 aromatic heterocycles. The molecule has 0 unspecified atom stereocenters. The monoisotopic (exact) mass is 363 g/mol. The summed E-state index contributed by atoms with van der Waals surface area (Å²) < 4.78 is 27.0. The fraction of sp³-hybridized carbons (Fsp3) is 0.368. The summed E-state index contributed by atoms with van der Waals surface area (Å²) in [6.07, 6.45) is 0. The fourth-order valence-electron chi connectivity index (χ4n) is 2.48. The van der Waals surface area contributed by atoms with Crippen LogP contribution in [0.25, 0.3) is 0 Å². The first-order valence-electron chi connectivity index (χ1n) is 8.37. The standard InChI is InChI=1S/C19H23F2N3O2/c1-11(2)10-22-17(25)14-7-5-12(3)15(9-14)23-18(26)16-8-6-13(4)24(16)19(20)21/h5-9,11,19H,10H2,1-4H3,(H,22,25)(H,23,26). The molecule has 0 bridgehead atoms. The summed E-state index contributed by atoms with van der Waals surface area (Å²) in [5.74, 6) is -0.587. The Labute approximate surface area is 151 Å². The number of rotatable bonds is 6. The van der Waals surface area contributed by atoms with Crippen molar-refractivity contribution in [2.24, 2.45) is 5.92 Å². The lowest BCUT2D eigenvalue weighted by atomic mass is 10.1. The Kier molecular flexibility index (Phi) is 6.13. The average Bonchev–Trinajstić information content (AvgIpc) is 2.96. The van der Waals surface area contributed by atoms with Crippen LogP contribution in [0.5, 0.6) is 0 Å². The van der Waals surface area contributed by atoms with Gasteiger partial charge in [-0.15, -0.1) is 0 Å². The van der Waals surface area contributed by atoms with E-state index in [1.165, 1.54) is 19.1 Å². The van der Waals surface area contributed by atoms with Crippen LogP contribution in [-0.2, 0) is 0 Å². The minimum absolute atomic E-state index is 0.133. The molecule has 0 saturated heterocycles. The second kappa shape index (κ2) is 8.12. The highest BCUT2D eigenvalue weighted by atomic mass is 19.3. The van der Waals surface area contributed by atoms with Gasteiger partial charge in [0, 0.05) is 23.5 Å². The molecule has 0 fully saturated rings. The number of hydrogen-bond donors (Lipinski definition) is 2. The molecular formula is C19H23F2N3O2. The molecule has 0 aliphatic heterocycles. The average molecular weight is 363 g/mol. The molecule has 5 nitrogen and oxygen atoms in total. The summed E-state index contributed by atoms with van der Waals surface area (Å²) >= 11 is 0. The maximum Gasteiger partial charge on any atom is 0.319 e. The molecule has 0 aliphatic rings. The lowest BCUT2D eigenvalue weighted by molar-refractivity contribution is 0.0632. The van der Waals surface area contributed by atoms with Gasteiger partial charge < -0.3 is 10.6 Å². The molecule has 0 spiro atoms. The van der Waals surface area contributed by atoms with E-state index in [0.29, 0.717) is 34.0 Å². The molecule has 0 aliphatic carbocycles. The number of aromatic nitrogens is 1. The van der Waals surface area contributed by atoms with Gasteiger partial charge in [-0.3, -0.25) is 14.2 Å². The second-order valence-corrected chi connectivity index (χ2v) is 6.60. The van der Waals surface area contributed by atoms with Gasteiger partial charge in [-0.05, 0) is 49.6 Å². The molecule has 0 radical (unpaired) electrons. The van der Waals surface area contributed by atoms with Crippen molar-refractivity contribution in [3.05, 3.63) is 52.8 Å². The first-order chi connectivity index (χ1) is 12.2. The number of carbonyl (C=O) groups excluding carboxylic acids is 2. The van der Waals surface area contributed by atoms with E-state index in [2.05, 4.69) is 10.6 Å². The van der Waals surface area contributed by atoms with E-state index in [1.54, 1.807) is 25.1 Å². The van der Waals surface area contributed by atoms with Crippen molar-refractivity contribution in [3.8, 4) is 0 Å². The number of amides is 2. The van der Waals surface area contributed by atoms with E-state index in [1.807, 2.05) is 13.8 Å². The molecule has 1 heterocycles. The van der Waals surface area contributed by atoms with Crippen LogP contribution in [-0.4, -0.2) is 22.9 Å². The second-order valence-electron chi connectivity index (χ2n) is 6.60. The number of anilines is 1. The lowest BCUT2D eigenvalue weighted by Gasteiger charge is -2.13. The maximum atomic E-state index is 13.2. The van der Waals surface area contributed by atoms with Gasteiger partial charge in [0.15, 0.2) is 0 Å². The normalized spacial score (nSPS) is 11.1. The van der Waals surface area contributed by atoms with Crippen molar-refractivity contribution in [2.45, 2.75) is 34.2 Å². The van der Waals surface area contributed by atoms with E-state index >= 15 is 0 Å². The number of alkyl halides is 2. The van der Waals surface area contributed by atoms with Gasteiger partial charge >= 0.3 is 6.55 Å². The largest absolute Gasteiger partial charge is 0.352 e. The zero-order valence-corrected chi connectivity index (χ0v) is 15.3. The number of hydrogen-bond acceptors (Lipinski definition) is 2. The SMILES string of the molecule is Cc1ccc(C(=O)NCC(C)C)cc1NC(=O)c1ccc(C)n1C(F)F. The van der Waals surface area contributed by atoms with Crippen molar-refractivity contribution >= 4 is 17.5 Å². The number of carbonyl (C=O) groups is 2. The van der Waals surface area contributed by atoms with E-state index in [9.17, 15) is 18.4 Å². The predicted molar refractivity (Wildman–Crippen MR) is 96.7 cm³/mol. The smallest absolute Gasteiger partial charge is 0.319 e. The highest BCUT2D eigenvalue weighted by Crippen LogP contribution is 2.22. The summed E-state index contributed by atoms with van der Waals surface area (Å²) in [6, 6.07) is 7.73. The van der Waals surface area contributed by atoms with Crippen molar-refractivity contribution < 1.29 is 18.4 Å². The number of halogens is 2. The lowest BCUT2D eigenvalue weighted by Crippen LogP contribution is -2.27. The fourth-order valence-corrected chi connectivity index (χ4v) is 2.48. The summed E-state index contributed by atoms with van der Waals surface area (Å²) in [7, 11) is 0. The van der Waals surface area contributed by atoms with Crippen molar-refractivity contribution in [3.63, 3.8) is 0 Å². The van der Waals surface area contributed by atoms with Crippen LogP contribution < -0.4 is 10.6 Å². The third-order valence-electron chi connectivity index (χ3n) is 3.97. The van der Waals surface area contributed by atoms with Crippen molar-refractivity contribution in [1.29, 1.82) is 0 Å². The van der Waals surface area contributed by atoms with Gasteiger partial charge in [0.05, 0.1) is 0 Å². The molecule has 2 N–H and O–H groups in total. The Morgan fingerprint density at radius 3 is 2.38 bits per heavy atom. The first-order valence-corrected chi connectivity index (χ1v) is 8.37. The Morgan fingerprint density at radius 1 is 1.08 bits per heavy atom. The minimum Gasteiger partial charge on any atom is -0.352 e. The number of nitrogens with zero attached hydrogens (tertiary/aromatic N) is 1. The Hall–Kier alpha value is -2.70. The van der Waals surface area contributed by atoms with Crippen molar-refractivity contribution in [2.75, 3.05) is 11.9 Å². The summed E-state index contributed by atoms with van der Waals surface area (Å²) in [5, 5.41) is 5.42. The summed E-state index contributed by atoms with van der Waals surface area (Å²) in [6.45, 7) is 4.98. The van der Waals surface area contributed by atoms with E-state index in [4.69, 9.17) is 0 Å².